The lowest BCUT2D eigenvalue weighted by Crippen LogP contribution is -2.41. The van der Waals surface area contributed by atoms with E-state index in [1.165, 1.54) is 6.07 Å². The van der Waals surface area contributed by atoms with Crippen LogP contribution in [-0.4, -0.2) is 47.6 Å². The van der Waals surface area contributed by atoms with Crippen molar-refractivity contribution in [1.82, 2.24) is 14.9 Å². The van der Waals surface area contributed by atoms with Gasteiger partial charge in [-0.05, 0) is 56.7 Å². The summed E-state index contributed by atoms with van der Waals surface area (Å²) in [6.45, 7) is 4.29. The zero-order valence-corrected chi connectivity index (χ0v) is 17.7. The third-order valence-corrected chi connectivity index (χ3v) is 6.02. The van der Waals surface area contributed by atoms with Crippen molar-refractivity contribution in [2.45, 2.75) is 51.6 Å². The fraction of sp³-hybridized carbons (Fsp3) is 0.522. The molecule has 0 N–H and O–H groups in total. The first-order chi connectivity index (χ1) is 14.6. The van der Waals surface area contributed by atoms with Gasteiger partial charge in [-0.3, -0.25) is 4.79 Å². The van der Waals surface area contributed by atoms with Crippen LogP contribution in [0.1, 0.15) is 54.4 Å². The lowest BCUT2D eigenvalue weighted by molar-refractivity contribution is -0.139. The van der Waals surface area contributed by atoms with Gasteiger partial charge in [0.2, 0.25) is 5.91 Å². The maximum absolute atomic E-state index is 13.7. The Labute approximate surface area is 177 Å². The molecule has 2 aromatic rings. The summed E-state index contributed by atoms with van der Waals surface area (Å²) in [6.07, 6.45) is 4.86. The fourth-order valence-corrected chi connectivity index (χ4v) is 4.57. The minimum Gasteiger partial charge on any atom is -0.375 e. The highest BCUT2D eigenvalue weighted by Crippen LogP contribution is 2.34. The van der Waals surface area contributed by atoms with Crippen molar-refractivity contribution in [3.63, 3.8) is 0 Å². The Morgan fingerprint density at radius 1 is 1.23 bits per heavy atom. The highest BCUT2D eigenvalue weighted by atomic mass is 19.1. The van der Waals surface area contributed by atoms with Crippen LogP contribution in [0.25, 0.3) is 0 Å². The van der Waals surface area contributed by atoms with Crippen molar-refractivity contribution in [3.05, 3.63) is 52.7 Å². The Morgan fingerprint density at radius 2 is 2.10 bits per heavy atom. The first-order valence-electron chi connectivity index (χ1n) is 10.7. The zero-order chi connectivity index (χ0) is 21.1. The number of amides is 1. The molecule has 1 aromatic heterocycles. The summed E-state index contributed by atoms with van der Waals surface area (Å²) < 4.78 is 18.8. The summed E-state index contributed by atoms with van der Waals surface area (Å²) in [5, 5.41) is 0. The largest absolute Gasteiger partial charge is 0.375 e. The zero-order valence-electron chi connectivity index (χ0n) is 17.7. The smallest absolute Gasteiger partial charge is 0.249 e. The molecule has 4 rings (SSSR count). The predicted molar refractivity (Wildman–Crippen MR) is 113 cm³/mol. The molecule has 2 aliphatic rings. The van der Waals surface area contributed by atoms with Crippen molar-refractivity contribution in [1.29, 1.82) is 0 Å². The van der Waals surface area contributed by atoms with E-state index in [2.05, 4.69) is 4.90 Å². The number of anilines is 1. The first-order valence-corrected chi connectivity index (χ1v) is 10.7. The molecular weight excluding hydrogens is 383 g/mol. The lowest BCUT2D eigenvalue weighted by atomic mass is 9.99. The van der Waals surface area contributed by atoms with Crippen molar-refractivity contribution in [3.8, 4) is 0 Å². The van der Waals surface area contributed by atoms with E-state index < -0.39 is 0 Å². The number of aromatic nitrogens is 2. The number of nitrogens with zero attached hydrogens (tertiary/aromatic N) is 4. The Kier molecular flexibility index (Phi) is 6.27. The van der Waals surface area contributed by atoms with Gasteiger partial charge in [0.05, 0.1) is 6.04 Å². The number of piperidine rings is 1. The second kappa shape index (κ2) is 9.08. The minimum atomic E-state index is -0.223. The molecule has 2 aliphatic heterocycles. The molecule has 7 heteroatoms. The molecule has 1 saturated heterocycles. The van der Waals surface area contributed by atoms with Crippen LogP contribution in [0, 0.1) is 12.7 Å². The van der Waals surface area contributed by atoms with Gasteiger partial charge in [-0.2, -0.15) is 0 Å². The minimum absolute atomic E-state index is 0.0159. The van der Waals surface area contributed by atoms with Crippen molar-refractivity contribution in [2.75, 3.05) is 31.7 Å². The molecule has 6 nitrogen and oxygen atoms in total. The van der Waals surface area contributed by atoms with Crippen LogP contribution >= 0.6 is 0 Å². The van der Waals surface area contributed by atoms with Crippen LogP contribution in [0.3, 0.4) is 0 Å². The van der Waals surface area contributed by atoms with Crippen LogP contribution in [0.2, 0.25) is 0 Å². The normalized spacial score (nSPS) is 19.0. The third kappa shape index (κ3) is 4.31. The number of fused-ring (bicyclic) bond motifs is 1. The summed E-state index contributed by atoms with van der Waals surface area (Å²) in [5.41, 5.74) is 3.06. The number of aryl methyl sites for hydroxylation is 1. The molecule has 30 heavy (non-hydrogen) atoms. The first kappa shape index (κ1) is 20.7. The highest BCUT2D eigenvalue weighted by Gasteiger charge is 2.32. The molecule has 1 fully saturated rings. The van der Waals surface area contributed by atoms with E-state index in [1.807, 2.05) is 17.9 Å². The molecule has 0 radical (unpaired) electrons. The molecule has 0 aliphatic carbocycles. The number of methoxy groups -OCH3 is 1. The molecular formula is C23H29FN4O2. The maximum Gasteiger partial charge on any atom is 0.249 e. The molecule has 3 heterocycles. The van der Waals surface area contributed by atoms with Crippen LogP contribution in [0.15, 0.2) is 24.3 Å². The summed E-state index contributed by atoms with van der Waals surface area (Å²) >= 11 is 0. The van der Waals surface area contributed by atoms with Gasteiger partial charge in [0.15, 0.2) is 5.82 Å². The number of likely N-dealkylation sites (tertiary alicyclic amines) is 1. The highest BCUT2D eigenvalue weighted by molar-refractivity contribution is 5.78. The van der Waals surface area contributed by atoms with Crippen LogP contribution in [-0.2, 0) is 22.5 Å². The number of hydrogen-bond acceptors (Lipinski definition) is 5. The molecule has 0 unspecified atom stereocenters. The molecule has 1 amide bonds. The van der Waals surface area contributed by atoms with Crippen molar-refractivity contribution >= 4 is 11.7 Å². The van der Waals surface area contributed by atoms with Crippen LogP contribution < -0.4 is 4.90 Å². The lowest BCUT2D eigenvalue weighted by Gasteiger charge is -2.36. The second-order valence-corrected chi connectivity index (χ2v) is 8.16. The van der Waals surface area contributed by atoms with E-state index in [-0.39, 0.29) is 24.4 Å². The summed E-state index contributed by atoms with van der Waals surface area (Å²) in [6, 6.07) is 6.61. The van der Waals surface area contributed by atoms with Gasteiger partial charge in [0, 0.05) is 38.0 Å². The quantitative estimate of drug-likeness (QED) is 0.751. The van der Waals surface area contributed by atoms with E-state index in [1.54, 1.807) is 19.2 Å². The number of ether oxygens (including phenoxy) is 1. The van der Waals surface area contributed by atoms with E-state index in [4.69, 9.17) is 14.7 Å². The van der Waals surface area contributed by atoms with Crippen molar-refractivity contribution in [2.24, 2.45) is 0 Å². The third-order valence-electron chi connectivity index (χ3n) is 6.02. The van der Waals surface area contributed by atoms with Gasteiger partial charge in [-0.1, -0.05) is 12.1 Å². The molecule has 0 spiro atoms. The van der Waals surface area contributed by atoms with Crippen LogP contribution in [0.4, 0.5) is 10.2 Å². The number of carbonyl (C=O) groups excluding carboxylic acids is 1. The van der Waals surface area contributed by atoms with Gasteiger partial charge in [-0.15, -0.1) is 0 Å². The average Bonchev–Trinajstić information content (AvgIpc) is 2.74. The van der Waals surface area contributed by atoms with E-state index in [9.17, 15) is 9.18 Å². The maximum atomic E-state index is 13.7. The number of halogens is 1. The number of carbonyl (C=O) groups is 1. The van der Waals surface area contributed by atoms with Gasteiger partial charge < -0.3 is 14.5 Å². The Morgan fingerprint density at radius 3 is 2.90 bits per heavy atom. The van der Waals surface area contributed by atoms with Crippen LogP contribution in [0.5, 0.6) is 0 Å². The summed E-state index contributed by atoms with van der Waals surface area (Å²) in [4.78, 5) is 26.5. The Balaban J connectivity index is 1.66. The van der Waals surface area contributed by atoms with Gasteiger partial charge in [0.25, 0.3) is 0 Å². The topological polar surface area (TPSA) is 58.6 Å². The number of rotatable bonds is 5. The summed E-state index contributed by atoms with van der Waals surface area (Å²) in [5.74, 6) is 1.40. The fourth-order valence-electron chi connectivity index (χ4n) is 4.57. The Hall–Kier alpha value is -2.54. The van der Waals surface area contributed by atoms with E-state index in [0.717, 1.165) is 61.3 Å². The molecule has 1 atom stereocenters. The standard InChI is InChI=1S/C23H29FN4O2/c1-16-19-9-6-11-27(14-17-7-5-8-18(24)13-17)23(19)26-22(25-16)20-10-3-4-12-28(20)21(29)15-30-2/h5,7-8,13,20H,3-4,6,9-12,14-15H2,1-2H3/t20-/m0/s1. The SMILES string of the molecule is COCC(=O)N1CCCC[C@H]1c1nc(C)c2c(n1)N(Cc1cccc(F)c1)CCC2. The van der Waals surface area contributed by atoms with E-state index in [0.29, 0.717) is 18.9 Å². The molecule has 0 saturated carbocycles. The van der Waals surface area contributed by atoms with Crippen molar-refractivity contribution < 1.29 is 13.9 Å². The van der Waals surface area contributed by atoms with Gasteiger partial charge >= 0.3 is 0 Å². The molecule has 1 aromatic carbocycles. The Bertz CT molecular complexity index is 920. The number of benzene rings is 1. The van der Waals surface area contributed by atoms with Gasteiger partial charge in [0.1, 0.15) is 18.2 Å². The molecule has 160 valence electrons. The second-order valence-electron chi connectivity index (χ2n) is 8.16. The van der Waals surface area contributed by atoms with E-state index >= 15 is 0 Å². The summed E-state index contributed by atoms with van der Waals surface area (Å²) in [7, 11) is 1.54. The van der Waals surface area contributed by atoms with Gasteiger partial charge in [-0.25, -0.2) is 14.4 Å². The number of hydrogen-bond donors (Lipinski definition) is 0. The predicted octanol–water partition coefficient (Wildman–Crippen LogP) is 3.58. The average molecular weight is 413 g/mol. The molecule has 0 bridgehead atoms. The monoisotopic (exact) mass is 412 g/mol.